The highest BCUT2D eigenvalue weighted by Gasteiger charge is 2.31. The molecule has 0 radical (unpaired) electrons. The molecule has 0 bridgehead atoms. The van der Waals surface area contributed by atoms with Crippen molar-refractivity contribution in [3.8, 4) is 0 Å². The van der Waals surface area contributed by atoms with Crippen molar-refractivity contribution >= 4 is 5.78 Å². The first-order chi connectivity index (χ1) is 7.71. The second-order valence-corrected chi connectivity index (χ2v) is 5.31. The van der Waals surface area contributed by atoms with E-state index in [4.69, 9.17) is 0 Å². The minimum Gasteiger partial charge on any atom is -0.319 e. The van der Waals surface area contributed by atoms with E-state index in [1.807, 2.05) is 48.6 Å². The standard InChI is InChI=1S/C11H23NO.2C2H6/c1-9(13)11(4,5)7-10(2,3)8-12-6;2*1-2/h12H,7-8H2,1-6H3;2*1-2H3. The molecular weight excluding hydrogens is 210 g/mol. The van der Waals surface area contributed by atoms with Crippen molar-refractivity contribution in [3.05, 3.63) is 0 Å². The van der Waals surface area contributed by atoms with Crippen LogP contribution in [0.4, 0.5) is 0 Å². The third-order valence-electron chi connectivity index (χ3n) is 2.53. The number of carbonyl (C=O) groups excluding carboxylic acids is 1. The van der Waals surface area contributed by atoms with Gasteiger partial charge in [-0.25, -0.2) is 0 Å². The van der Waals surface area contributed by atoms with E-state index in [0.717, 1.165) is 13.0 Å². The zero-order valence-corrected chi connectivity index (χ0v) is 13.8. The molecule has 0 spiro atoms. The largest absolute Gasteiger partial charge is 0.319 e. The van der Waals surface area contributed by atoms with Gasteiger partial charge in [0.2, 0.25) is 0 Å². The van der Waals surface area contributed by atoms with Crippen LogP contribution in [0.1, 0.15) is 68.7 Å². The van der Waals surface area contributed by atoms with Crippen LogP contribution in [-0.2, 0) is 4.79 Å². The fourth-order valence-corrected chi connectivity index (χ4v) is 1.86. The molecule has 2 nitrogen and oxygen atoms in total. The second kappa shape index (κ2) is 10.8. The van der Waals surface area contributed by atoms with Crippen molar-refractivity contribution in [3.63, 3.8) is 0 Å². The first-order valence-corrected chi connectivity index (χ1v) is 6.87. The smallest absolute Gasteiger partial charge is 0.135 e. The van der Waals surface area contributed by atoms with Crippen molar-refractivity contribution < 1.29 is 4.79 Å². The van der Waals surface area contributed by atoms with Crippen molar-refractivity contribution in [1.82, 2.24) is 5.32 Å². The molecule has 0 aromatic rings. The van der Waals surface area contributed by atoms with Crippen LogP contribution in [0.2, 0.25) is 0 Å². The summed E-state index contributed by atoms with van der Waals surface area (Å²) in [6.45, 7) is 19.0. The summed E-state index contributed by atoms with van der Waals surface area (Å²) in [5, 5.41) is 3.16. The van der Waals surface area contributed by atoms with Crippen molar-refractivity contribution in [1.29, 1.82) is 0 Å². The van der Waals surface area contributed by atoms with Crippen LogP contribution in [0.15, 0.2) is 0 Å². The Morgan fingerprint density at radius 2 is 1.35 bits per heavy atom. The second-order valence-electron chi connectivity index (χ2n) is 5.31. The number of nitrogens with one attached hydrogen (secondary N) is 1. The van der Waals surface area contributed by atoms with Crippen LogP contribution in [0, 0.1) is 10.8 Å². The third kappa shape index (κ3) is 11.9. The van der Waals surface area contributed by atoms with Crippen molar-refractivity contribution in [2.75, 3.05) is 13.6 Å². The molecule has 0 unspecified atom stereocenters. The quantitative estimate of drug-likeness (QED) is 0.783. The van der Waals surface area contributed by atoms with Gasteiger partial charge in [0, 0.05) is 5.41 Å². The Labute approximate surface area is 110 Å². The molecule has 0 rings (SSSR count). The van der Waals surface area contributed by atoms with Crippen LogP contribution in [0.5, 0.6) is 0 Å². The lowest BCUT2D eigenvalue weighted by molar-refractivity contribution is -0.126. The molecule has 0 fully saturated rings. The highest BCUT2D eigenvalue weighted by Crippen LogP contribution is 2.33. The van der Waals surface area contributed by atoms with Crippen LogP contribution in [0.3, 0.4) is 0 Å². The Balaban J connectivity index is -0.000000439. The first kappa shape index (κ1) is 21.9. The molecule has 17 heavy (non-hydrogen) atoms. The van der Waals surface area contributed by atoms with Gasteiger partial charge in [-0.05, 0) is 32.4 Å². The van der Waals surface area contributed by atoms with Gasteiger partial charge in [0.15, 0.2) is 0 Å². The lowest BCUT2D eigenvalue weighted by atomic mass is 9.73. The maximum absolute atomic E-state index is 11.3. The minimum atomic E-state index is -0.194. The number of hydrogen-bond acceptors (Lipinski definition) is 2. The summed E-state index contributed by atoms with van der Waals surface area (Å²) in [6.07, 6.45) is 0.927. The van der Waals surface area contributed by atoms with Crippen LogP contribution >= 0.6 is 0 Å². The average molecular weight is 245 g/mol. The molecule has 0 saturated heterocycles. The van der Waals surface area contributed by atoms with E-state index >= 15 is 0 Å². The predicted molar refractivity (Wildman–Crippen MR) is 79.5 cm³/mol. The predicted octanol–water partition coefficient (Wildman–Crippen LogP) is 4.29. The van der Waals surface area contributed by atoms with Gasteiger partial charge >= 0.3 is 0 Å². The van der Waals surface area contributed by atoms with E-state index in [0.29, 0.717) is 0 Å². The summed E-state index contributed by atoms with van der Waals surface area (Å²) >= 11 is 0. The SMILES string of the molecule is CC.CC.CNCC(C)(C)CC(C)(C)C(C)=O. The van der Waals surface area contributed by atoms with E-state index in [9.17, 15) is 4.79 Å². The molecule has 2 heteroatoms. The number of rotatable bonds is 5. The number of carbonyl (C=O) groups is 1. The molecule has 0 aromatic heterocycles. The summed E-state index contributed by atoms with van der Waals surface area (Å²) in [6, 6.07) is 0. The van der Waals surface area contributed by atoms with E-state index < -0.39 is 0 Å². The summed E-state index contributed by atoms with van der Waals surface area (Å²) in [4.78, 5) is 11.3. The normalized spacial score (nSPS) is 10.7. The Bertz CT molecular complexity index is 183. The molecule has 106 valence electrons. The van der Waals surface area contributed by atoms with Gasteiger partial charge < -0.3 is 5.32 Å². The van der Waals surface area contributed by atoms with Gasteiger partial charge in [-0.1, -0.05) is 55.4 Å². The molecule has 0 aromatic carbocycles. The highest BCUT2D eigenvalue weighted by atomic mass is 16.1. The Morgan fingerprint density at radius 3 is 1.59 bits per heavy atom. The fourth-order valence-electron chi connectivity index (χ4n) is 1.86. The minimum absolute atomic E-state index is 0.184. The van der Waals surface area contributed by atoms with Gasteiger partial charge in [0.05, 0.1) is 0 Å². The maximum Gasteiger partial charge on any atom is 0.135 e. The van der Waals surface area contributed by atoms with Gasteiger partial charge in [-0.15, -0.1) is 0 Å². The number of ketones is 1. The van der Waals surface area contributed by atoms with E-state index in [-0.39, 0.29) is 16.6 Å². The van der Waals surface area contributed by atoms with Crippen LogP contribution in [0.25, 0.3) is 0 Å². The molecule has 0 saturated carbocycles. The average Bonchev–Trinajstić information content (AvgIpc) is 2.21. The Hall–Kier alpha value is -0.370. The number of hydrogen-bond donors (Lipinski definition) is 1. The first-order valence-electron chi connectivity index (χ1n) is 6.87. The van der Waals surface area contributed by atoms with E-state index in [1.54, 1.807) is 6.92 Å². The molecule has 0 amide bonds. The number of Topliss-reactive ketones (excluding diaryl/α,β-unsaturated/α-hetero) is 1. The lowest BCUT2D eigenvalue weighted by Crippen LogP contribution is -2.34. The Kier molecular flexibility index (Phi) is 13.8. The molecular formula is C15H35NO. The van der Waals surface area contributed by atoms with Gasteiger partial charge in [-0.2, -0.15) is 0 Å². The van der Waals surface area contributed by atoms with Crippen LogP contribution in [-0.4, -0.2) is 19.4 Å². The summed E-state index contributed by atoms with van der Waals surface area (Å²) < 4.78 is 0. The monoisotopic (exact) mass is 245 g/mol. The van der Waals surface area contributed by atoms with E-state index in [2.05, 4.69) is 19.2 Å². The molecule has 0 heterocycles. The molecule has 0 aliphatic rings. The van der Waals surface area contributed by atoms with Gasteiger partial charge in [0.1, 0.15) is 5.78 Å². The zero-order chi connectivity index (χ0) is 14.7. The zero-order valence-electron chi connectivity index (χ0n) is 13.8. The third-order valence-corrected chi connectivity index (χ3v) is 2.53. The van der Waals surface area contributed by atoms with Gasteiger partial charge in [-0.3, -0.25) is 4.79 Å². The van der Waals surface area contributed by atoms with Crippen molar-refractivity contribution in [2.45, 2.75) is 68.7 Å². The molecule has 0 aliphatic carbocycles. The fraction of sp³-hybridized carbons (Fsp3) is 0.933. The van der Waals surface area contributed by atoms with Crippen LogP contribution < -0.4 is 5.32 Å². The van der Waals surface area contributed by atoms with Gasteiger partial charge in [0.25, 0.3) is 0 Å². The molecule has 0 atom stereocenters. The molecule has 0 aliphatic heterocycles. The highest BCUT2D eigenvalue weighted by molar-refractivity contribution is 5.81. The van der Waals surface area contributed by atoms with Crippen molar-refractivity contribution in [2.24, 2.45) is 10.8 Å². The summed E-state index contributed by atoms with van der Waals surface area (Å²) in [7, 11) is 1.95. The lowest BCUT2D eigenvalue weighted by Gasteiger charge is -2.33. The maximum atomic E-state index is 11.3. The summed E-state index contributed by atoms with van der Waals surface area (Å²) in [5.41, 5.74) is -0.00965. The molecule has 1 N–H and O–H groups in total. The Morgan fingerprint density at radius 1 is 1.00 bits per heavy atom. The topological polar surface area (TPSA) is 29.1 Å². The summed E-state index contributed by atoms with van der Waals surface area (Å²) in [5.74, 6) is 0.275. The van der Waals surface area contributed by atoms with E-state index in [1.165, 1.54) is 0 Å².